The third-order valence-electron chi connectivity index (χ3n) is 2.29. The van der Waals surface area contributed by atoms with Gasteiger partial charge in [0.1, 0.15) is 11.5 Å². The van der Waals surface area contributed by atoms with Crippen LogP contribution in [0.3, 0.4) is 0 Å². The lowest BCUT2D eigenvalue weighted by atomic mass is 10.2. The summed E-state index contributed by atoms with van der Waals surface area (Å²) < 4.78 is 51.1. The Balaban J connectivity index is 2.34. The van der Waals surface area contributed by atoms with Gasteiger partial charge < -0.3 is 5.73 Å². The summed E-state index contributed by atoms with van der Waals surface area (Å²) in [5.41, 5.74) is 4.70. The molecular formula is C9H10F2N2O2S. The van der Waals surface area contributed by atoms with Crippen molar-refractivity contribution in [1.82, 2.24) is 0 Å². The predicted octanol–water partition coefficient (Wildman–Crippen LogP) is 1.45. The zero-order chi connectivity index (χ0) is 11.9. The van der Waals surface area contributed by atoms with Crippen LogP contribution >= 0.6 is 0 Å². The molecule has 16 heavy (non-hydrogen) atoms. The SMILES string of the molecule is Nc1cc(F)cc(F)c1NS(=O)(=O)C1CC1. The summed E-state index contributed by atoms with van der Waals surface area (Å²) in [5, 5.41) is -0.489. The van der Waals surface area contributed by atoms with Crippen molar-refractivity contribution in [2.24, 2.45) is 0 Å². The van der Waals surface area contributed by atoms with E-state index in [0.717, 1.165) is 6.07 Å². The fourth-order valence-corrected chi connectivity index (χ4v) is 2.73. The molecule has 88 valence electrons. The number of anilines is 2. The molecule has 4 nitrogen and oxygen atoms in total. The number of rotatable bonds is 3. The summed E-state index contributed by atoms with van der Waals surface area (Å²) in [6.07, 6.45) is 1.11. The van der Waals surface area contributed by atoms with E-state index in [4.69, 9.17) is 5.73 Å². The van der Waals surface area contributed by atoms with Crippen molar-refractivity contribution in [2.75, 3.05) is 10.5 Å². The highest BCUT2D eigenvalue weighted by Gasteiger charge is 2.36. The standard InChI is InChI=1S/C9H10F2N2O2S/c10-5-3-7(11)9(8(12)4-5)13-16(14,15)6-1-2-6/h3-4,6,13H,1-2,12H2. The first-order valence-electron chi connectivity index (χ1n) is 4.66. The van der Waals surface area contributed by atoms with Crippen LogP contribution in [0.1, 0.15) is 12.8 Å². The lowest BCUT2D eigenvalue weighted by Crippen LogP contribution is -2.19. The molecular weight excluding hydrogens is 238 g/mol. The molecule has 0 amide bonds. The van der Waals surface area contributed by atoms with Gasteiger partial charge in [-0.1, -0.05) is 0 Å². The average Bonchev–Trinajstić information content (AvgIpc) is 2.94. The van der Waals surface area contributed by atoms with Gasteiger partial charge in [0.2, 0.25) is 10.0 Å². The van der Waals surface area contributed by atoms with E-state index < -0.39 is 26.9 Å². The van der Waals surface area contributed by atoms with Crippen LogP contribution in [0.25, 0.3) is 0 Å². The minimum atomic E-state index is -3.59. The van der Waals surface area contributed by atoms with Crippen LogP contribution in [0, 0.1) is 11.6 Å². The Hall–Kier alpha value is -1.37. The van der Waals surface area contributed by atoms with E-state index >= 15 is 0 Å². The van der Waals surface area contributed by atoms with E-state index in [-0.39, 0.29) is 11.4 Å². The number of nitrogen functional groups attached to an aromatic ring is 1. The van der Waals surface area contributed by atoms with Gasteiger partial charge >= 0.3 is 0 Å². The van der Waals surface area contributed by atoms with E-state index in [2.05, 4.69) is 0 Å². The number of halogens is 2. The Bertz CT molecular complexity index is 503. The fourth-order valence-electron chi connectivity index (χ4n) is 1.31. The second-order valence-corrected chi connectivity index (χ2v) is 5.66. The molecule has 2 rings (SSSR count). The van der Waals surface area contributed by atoms with Crippen LogP contribution in [-0.4, -0.2) is 13.7 Å². The molecule has 0 heterocycles. The zero-order valence-electron chi connectivity index (χ0n) is 8.20. The first-order valence-corrected chi connectivity index (χ1v) is 6.21. The van der Waals surface area contributed by atoms with Crippen molar-refractivity contribution in [3.63, 3.8) is 0 Å². The number of sulfonamides is 1. The number of nitrogens with one attached hydrogen (secondary N) is 1. The highest BCUT2D eigenvalue weighted by atomic mass is 32.2. The molecule has 0 saturated heterocycles. The highest BCUT2D eigenvalue weighted by Crippen LogP contribution is 2.32. The average molecular weight is 248 g/mol. The number of benzene rings is 1. The largest absolute Gasteiger partial charge is 0.397 e. The zero-order valence-corrected chi connectivity index (χ0v) is 9.02. The summed E-state index contributed by atoms with van der Waals surface area (Å²) in [4.78, 5) is 0. The number of nitrogens with two attached hydrogens (primary N) is 1. The van der Waals surface area contributed by atoms with Crippen molar-refractivity contribution >= 4 is 21.4 Å². The van der Waals surface area contributed by atoms with E-state index in [9.17, 15) is 17.2 Å². The first-order chi connectivity index (χ1) is 7.40. The van der Waals surface area contributed by atoms with Crippen molar-refractivity contribution in [1.29, 1.82) is 0 Å². The third kappa shape index (κ3) is 2.08. The molecule has 1 aromatic rings. The van der Waals surface area contributed by atoms with Crippen molar-refractivity contribution in [3.8, 4) is 0 Å². The minimum absolute atomic E-state index is 0.262. The molecule has 0 aliphatic heterocycles. The minimum Gasteiger partial charge on any atom is -0.397 e. The second-order valence-electron chi connectivity index (χ2n) is 3.70. The van der Waals surface area contributed by atoms with Crippen LogP contribution < -0.4 is 10.5 Å². The van der Waals surface area contributed by atoms with Gasteiger partial charge in [0.05, 0.1) is 10.9 Å². The molecule has 1 aliphatic carbocycles. The fraction of sp³-hybridized carbons (Fsp3) is 0.333. The number of hydrogen-bond donors (Lipinski definition) is 2. The van der Waals surface area contributed by atoms with E-state index in [1.165, 1.54) is 0 Å². The summed E-state index contributed by atoms with van der Waals surface area (Å²) in [6, 6.07) is 1.45. The summed E-state index contributed by atoms with van der Waals surface area (Å²) in [5.74, 6) is -1.86. The molecule has 0 radical (unpaired) electrons. The molecule has 0 bridgehead atoms. The van der Waals surface area contributed by atoms with Gasteiger partial charge in [-0.15, -0.1) is 0 Å². The molecule has 1 fully saturated rings. The van der Waals surface area contributed by atoms with Crippen LogP contribution in [0.5, 0.6) is 0 Å². The van der Waals surface area contributed by atoms with Gasteiger partial charge in [0.25, 0.3) is 0 Å². The second kappa shape index (κ2) is 3.58. The molecule has 1 saturated carbocycles. The monoisotopic (exact) mass is 248 g/mol. The van der Waals surface area contributed by atoms with Crippen LogP contribution in [0.2, 0.25) is 0 Å². The van der Waals surface area contributed by atoms with Crippen LogP contribution in [-0.2, 0) is 10.0 Å². The Kier molecular flexibility index (Phi) is 2.49. The van der Waals surface area contributed by atoms with Gasteiger partial charge in [0.15, 0.2) is 5.82 Å². The van der Waals surface area contributed by atoms with Crippen molar-refractivity contribution in [3.05, 3.63) is 23.8 Å². The molecule has 0 spiro atoms. The highest BCUT2D eigenvalue weighted by molar-refractivity contribution is 7.93. The normalized spacial score (nSPS) is 16.1. The first kappa shape index (κ1) is 11.1. The maximum Gasteiger partial charge on any atom is 0.235 e. The molecule has 1 aliphatic rings. The summed E-state index contributed by atoms with van der Waals surface area (Å²) >= 11 is 0. The lowest BCUT2D eigenvalue weighted by molar-refractivity contribution is 0.583. The van der Waals surface area contributed by atoms with Crippen molar-refractivity contribution in [2.45, 2.75) is 18.1 Å². The summed E-state index contributed by atoms with van der Waals surface area (Å²) in [7, 11) is -3.59. The van der Waals surface area contributed by atoms with Gasteiger partial charge in [-0.3, -0.25) is 4.72 Å². The Morgan fingerprint density at radius 3 is 2.44 bits per heavy atom. The molecule has 3 N–H and O–H groups in total. The quantitative estimate of drug-likeness (QED) is 0.795. The predicted molar refractivity (Wildman–Crippen MR) is 56.3 cm³/mol. The van der Waals surface area contributed by atoms with Gasteiger partial charge in [-0.2, -0.15) is 0 Å². The topological polar surface area (TPSA) is 72.2 Å². The van der Waals surface area contributed by atoms with Crippen LogP contribution in [0.15, 0.2) is 12.1 Å². The summed E-state index contributed by atoms with van der Waals surface area (Å²) in [6.45, 7) is 0. The molecule has 7 heteroatoms. The Morgan fingerprint density at radius 1 is 1.31 bits per heavy atom. The maximum absolute atomic E-state index is 13.3. The van der Waals surface area contributed by atoms with Gasteiger partial charge in [0, 0.05) is 6.07 Å². The molecule has 1 aromatic carbocycles. The maximum atomic E-state index is 13.3. The Labute approximate surface area is 91.5 Å². The third-order valence-corrected chi connectivity index (χ3v) is 4.13. The molecule has 0 unspecified atom stereocenters. The molecule has 0 aromatic heterocycles. The van der Waals surface area contributed by atoms with E-state index in [1.54, 1.807) is 0 Å². The lowest BCUT2D eigenvalue weighted by Gasteiger charge is -2.10. The van der Waals surface area contributed by atoms with Crippen molar-refractivity contribution < 1.29 is 17.2 Å². The van der Waals surface area contributed by atoms with E-state index in [1.807, 2.05) is 4.72 Å². The van der Waals surface area contributed by atoms with E-state index in [0.29, 0.717) is 18.9 Å². The molecule has 0 atom stereocenters. The number of hydrogen-bond acceptors (Lipinski definition) is 3. The van der Waals surface area contributed by atoms with Gasteiger partial charge in [-0.25, -0.2) is 17.2 Å². The van der Waals surface area contributed by atoms with Gasteiger partial charge in [-0.05, 0) is 18.9 Å². The smallest absolute Gasteiger partial charge is 0.235 e. The van der Waals surface area contributed by atoms with Crippen LogP contribution in [0.4, 0.5) is 20.2 Å². The Morgan fingerprint density at radius 2 is 1.94 bits per heavy atom.